The zero-order valence-electron chi connectivity index (χ0n) is 32.0. The fraction of sp³-hybridized carbons (Fsp3) is 0.474. The molecule has 18 heteroatoms. The topological polar surface area (TPSA) is 193 Å². The molecule has 302 valence electrons. The Kier molecular flexibility index (Phi) is 11.1. The van der Waals surface area contributed by atoms with Crippen molar-refractivity contribution in [3.8, 4) is 11.6 Å². The van der Waals surface area contributed by atoms with Crippen LogP contribution in [0.2, 0.25) is 5.02 Å². The number of anilines is 1. The number of hydrogen-bond acceptors (Lipinski definition) is 11. The second kappa shape index (κ2) is 15.1. The van der Waals surface area contributed by atoms with Gasteiger partial charge in [-0.15, -0.1) is 6.58 Å². The summed E-state index contributed by atoms with van der Waals surface area (Å²) in [5.74, 6) is -1.81. The lowest BCUT2D eigenvalue weighted by molar-refractivity contribution is -0.141. The van der Waals surface area contributed by atoms with Gasteiger partial charge in [-0.1, -0.05) is 44.5 Å². The van der Waals surface area contributed by atoms with Gasteiger partial charge >= 0.3 is 6.03 Å². The third-order valence-corrected chi connectivity index (χ3v) is 14.0. The summed E-state index contributed by atoms with van der Waals surface area (Å²) < 4.78 is 67.9. The van der Waals surface area contributed by atoms with E-state index in [9.17, 15) is 21.6 Å². The number of methoxy groups -OCH3 is 1. The normalized spacial score (nSPS) is 22.9. The number of carbonyl (C=O) groups is 3. The van der Waals surface area contributed by atoms with Crippen molar-refractivity contribution >= 4 is 66.0 Å². The molecule has 1 unspecified atom stereocenters. The largest absolute Gasteiger partial charge is 0.494 e. The Balaban J connectivity index is 1.38. The van der Waals surface area contributed by atoms with Gasteiger partial charge in [0.1, 0.15) is 23.4 Å². The van der Waals surface area contributed by atoms with Crippen LogP contribution in [0.3, 0.4) is 0 Å². The number of likely N-dealkylation sites (tertiary alicyclic amines) is 1. The summed E-state index contributed by atoms with van der Waals surface area (Å²) in [5.41, 5.74) is -2.60. The molecule has 2 heterocycles. The number of fused-ring (bicyclic) bond motifs is 1. The quantitative estimate of drug-likeness (QED) is 0.203. The molecule has 3 aromatic rings. The van der Waals surface area contributed by atoms with Gasteiger partial charge in [-0.3, -0.25) is 14.3 Å². The van der Waals surface area contributed by atoms with Gasteiger partial charge in [-0.05, 0) is 75.0 Å². The number of pyridine rings is 1. The Bertz CT molecular complexity index is 2300. The molecule has 2 aliphatic carbocycles. The number of aromatic nitrogens is 1. The van der Waals surface area contributed by atoms with Crippen molar-refractivity contribution < 1.29 is 40.7 Å². The number of urea groups is 1. The van der Waals surface area contributed by atoms with E-state index in [0.717, 1.165) is 4.90 Å². The van der Waals surface area contributed by atoms with Crippen LogP contribution >= 0.6 is 11.6 Å². The Labute approximate surface area is 332 Å². The van der Waals surface area contributed by atoms with Crippen molar-refractivity contribution in [2.45, 2.75) is 87.3 Å². The van der Waals surface area contributed by atoms with Crippen molar-refractivity contribution in [1.82, 2.24) is 24.2 Å². The van der Waals surface area contributed by atoms with Gasteiger partial charge in [0, 0.05) is 39.9 Å². The average Bonchev–Trinajstić information content (AvgIpc) is 4.08. The van der Waals surface area contributed by atoms with E-state index in [1.165, 1.54) is 49.5 Å². The highest BCUT2D eigenvalue weighted by molar-refractivity contribution is 7.91. The predicted molar refractivity (Wildman–Crippen MR) is 211 cm³/mol. The first-order valence-electron chi connectivity index (χ1n) is 18.2. The van der Waals surface area contributed by atoms with Crippen molar-refractivity contribution in [1.29, 1.82) is 0 Å². The Morgan fingerprint density at radius 1 is 1.11 bits per heavy atom. The van der Waals surface area contributed by atoms with Crippen LogP contribution in [0.5, 0.6) is 11.6 Å². The number of rotatable bonds is 13. The summed E-state index contributed by atoms with van der Waals surface area (Å²) in [6, 6.07) is 8.49. The molecule has 0 radical (unpaired) electrons. The molecule has 1 saturated heterocycles. The zero-order valence-corrected chi connectivity index (χ0v) is 34.4. The highest BCUT2D eigenvalue weighted by Crippen LogP contribution is 2.52. The third-order valence-electron chi connectivity index (χ3n) is 10.6. The van der Waals surface area contributed by atoms with E-state index in [4.69, 9.17) is 21.1 Å². The van der Waals surface area contributed by atoms with Gasteiger partial charge in [-0.25, -0.2) is 36.2 Å². The van der Waals surface area contributed by atoms with E-state index in [0.29, 0.717) is 40.8 Å². The van der Waals surface area contributed by atoms with Crippen LogP contribution in [0.15, 0.2) is 66.2 Å². The Morgan fingerprint density at radius 3 is 2.43 bits per heavy atom. The number of sulfonamides is 2. The lowest BCUT2D eigenvalue weighted by Crippen LogP contribution is -2.64. The number of nitrogens with one attached hydrogen (secondary N) is 3. The standard InChI is InChI=1S/C38H47ClN6O9S2/c1-8-23-19-38(23,35(47)43-56(51,52)27-13-14-27)45(34(46)32(37(3,4)5)42-25-10-9-11-28(18-25)55(49,50)40-6)36(48)44-21-26(16-22(44)2)54-33-30-17-24(39)12-15-29(30)31(53-7)20-41-33/h8-12,15,17-18,20,22-23,26-27,32,40,42H,1,13-14,16,19,21H2,2-7H3,(H,43,47)/t22?,23-,26-,32+,38-/m1/s1. The molecule has 3 aliphatic rings. The van der Waals surface area contributed by atoms with Crippen LogP contribution in [-0.4, -0.2) is 99.1 Å². The summed E-state index contributed by atoms with van der Waals surface area (Å²) in [5, 5.41) is 4.14. The summed E-state index contributed by atoms with van der Waals surface area (Å²) in [6.07, 6.45) is 3.41. The maximum Gasteiger partial charge on any atom is 0.328 e. The van der Waals surface area contributed by atoms with Crippen LogP contribution < -0.4 is 24.2 Å². The molecule has 3 N–H and O–H groups in total. The van der Waals surface area contributed by atoms with Crippen molar-refractivity contribution in [3.63, 3.8) is 0 Å². The van der Waals surface area contributed by atoms with Gasteiger partial charge in [0.2, 0.25) is 25.9 Å². The van der Waals surface area contributed by atoms with Crippen molar-refractivity contribution in [3.05, 3.63) is 66.3 Å². The third kappa shape index (κ3) is 7.91. The molecule has 0 spiro atoms. The maximum atomic E-state index is 15.2. The second-order valence-corrected chi connectivity index (χ2v) is 19.9. The minimum atomic E-state index is -4.08. The number of benzene rings is 2. The Morgan fingerprint density at radius 2 is 1.82 bits per heavy atom. The SMILES string of the molecule is C=C[C@@H]1C[C@@]1(C(=O)NS(=O)(=O)C1CC1)N(C(=O)[C@H](Nc1cccc(S(=O)(=O)NC)c1)C(C)(C)C)C(=O)N1C[C@H](Oc2ncc(OC)c3ccc(Cl)cc23)CC1C. The van der Waals surface area contributed by atoms with Gasteiger partial charge in [0.15, 0.2) is 0 Å². The smallest absolute Gasteiger partial charge is 0.328 e. The molecule has 3 fully saturated rings. The molecular weight excluding hydrogens is 784 g/mol. The van der Waals surface area contributed by atoms with E-state index in [2.05, 4.69) is 26.3 Å². The molecule has 4 amide bonds. The summed E-state index contributed by atoms with van der Waals surface area (Å²) in [4.78, 5) is 51.2. The first-order chi connectivity index (χ1) is 26.3. The fourth-order valence-corrected chi connectivity index (χ4v) is 9.48. The summed E-state index contributed by atoms with van der Waals surface area (Å²) in [6.45, 7) is 10.9. The number of ether oxygens (including phenoxy) is 2. The molecule has 2 saturated carbocycles. The zero-order chi connectivity index (χ0) is 41.0. The highest BCUT2D eigenvalue weighted by atomic mass is 35.5. The first-order valence-corrected chi connectivity index (χ1v) is 21.6. The number of hydrogen-bond donors (Lipinski definition) is 3. The van der Waals surface area contributed by atoms with E-state index >= 15 is 9.59 Å². The molecule has 2 aromatic carbocycles. The van der Waals surface area contributed by atoms with Gasteiger partial charge in [0.05, 0.1) is 30.0 Å². The minimum absolute atomic E-state index is 0.00604. The predicted octanol–water partition coefficient (Wildman–Crippen LogP) is 4.68. The lowest BCUT2D eigenvalue weighted by atomic mass is 9.85. The number of carbonyl (C=O) groups excluding carboxylic acids is 3. The number of amides is 4. The molecule has 15 nitrogen and oxygen atoms in total. The van der Waals surface area contributed by atoms with Crippen LogP contribution in [0.1, 0.15) is 53.4 Å². The van der Waals surface area contributed by atoms with Gasteiger partial charge < -0.3 is 19.7 Å². The van der Waals surface area contributed by atoms with Crippen molar-refractivity contribution in [2.75, 3.05) is 26.0 Å². The summed E-state index contributed by atoms with van der Waals surface area (Å²) in [7, 11) is -5.14. The van der Waals surface area contributed by atoms with E-state index in [1.54, 1.807) is 52.0 Å². The number of halogens is 1. The van der Waals surface area contributed by atoms with E-state index < -0.39 is 78.2 Å². The highest BCUT2D eigenvalue weighted by Gasteiger charge is 2.68. The summed E-state index contributed by atoms with van der Waals surface area (Å²) >= 11 is 6.33. The van der Waals surface area contributed by atoms with E-state index in [-0.39, 0.29) is 29.4 Å². The van der Waals surface area contributed by atoms with Gasteiger partial charge in [-0.2, -0.15) is 0 Å². The number of imide groups is 1. The molecule has 56 heavy (non-hydrogen) atoms. The Hall–Kier alpha value is -4.45. The maximum absolute atomic E-state index is 15.2. The minimum Gasteiger partial charge on any atom is -0.494 e. The molecule has 1 aromatic heterocycles. The molecule has 5 atom stereocenters. The van der Waals surface area contributed by atoms with Gasteiger partial charge in [0.25, 0.3) is 11.8 Å². The average molecular weight is 831 g/mol. The van der Waals surface area contributed by atoms with Crippen LogP contribution in [0.25, 0.3) is 10.8 Å². The molecule has 0 bridgehead atoms. The molecule has 1 aliphatic heterocycles. The van der Waals surface area contributed by atoms with Crippen LogP contribution in [-0.2, 0) is 29.6 Å². The molecule has 6 rings (SSSR count). The second-order valence-electron chi connectivity index (χ2n) is 15.6. The van der Waals surface area contributed by atoms with Crippen LogP contribution in [0, 0.1) is 11.3 Å². The number of nitrogens with zero attached hydrogens (tertiary/aromatic N) is 3. The van der Waals surface area contributed by atoms with E-state index in [1.807, 2.05) is 0 Å². The fourth-order valence-electron chi connectivity index (χ4n) is 7.17. The lowest BCUT2D eigenvalue weighted by Gasteiger charge is -2.40. The molecular formula is C38H47ClN6O9S2. The van der Waals surface area contributed by atoms with Crippen LogP contribution in [0.4, 0.5) is 10.5 Å². The van der Waals surface area contributed by atoms with Crippen molar-refractivity contribution in [2.24, 2.45) is 11.3 Å². The monoisotopic (exact) mass is 830 g/mol. The first kappa shape index (κ1) is 41.2.